The molecule has 2 aromatic rings. The molecule has 130 valence electrons. The maximum absolute atomic E-state index is 12.3. The molecule has 3 rings (SSSR count). The molecule has 0 aliphatic carbocycles. The third-order valence-corrected chi connectivity index (χ3v) is 4.46. The Bertz CT molecular complexity index is 779. The topological polar surface area (TPSA) is 70.7 Å². The van der Waals surface area contributed by atoms with Crippen molar-refractivity contribution in [3.8, 4) is 5.75 Å². The lowest BCUT2D eigenvalue weighted by atomic mass is 10.2. The number of benzene rings is 2. The largest absolute Gasteiger partial charge is 0.497 e. The first-order valence-corrected chi connectivity index (χ1v) is 8.62. The van der Waals surface area contributed by atoms with E-state index in [1.54, 1.807) is 24.1 Å². The fraction of sp³-hybridized carbons (Fsp3) is 0.222. The number of amides is 3. The molecular weight excluding hydrogens is 386 g/mol. The zero-order valence-electron chi connectivity index (χ0n) is 13.7. The maximum atomic E-state index is 12.3. The van der Waals surface area contributed by atoms with Crippen molar-refractivity contribution in [3.63, 3.8) is 0 Å². The van der Waals surface area contributed by atoms with Crippen LogP contribution in [0.25, 0.3) is 0 Å². The van der Waals surface area contributed by atoms with Crippen LogP contribution in [0, 0.1) is 0 Å². The summed E-state index contributed by atoms with van der Waals surface area (Å²) in [4.78, 5) is 26.0. The van der Waals surface area contributed by atoms with Gasteiger partial charge < -0.3 is 20.3 Å². The molecule has 1 atom stereocenters. The molecule has 1 aliphatic rings. The van der Waals surface area contributed by atoms with E-state index in [9.17, 15) is 9.59 Å². The molecule has 0 spiro atoms. The number of halogens is 1. The fourth-order valence-corrected chi connectivity index (χ4v) is 2.98. The van der Waals surface area contributed by atoms with Gasteiger partial charge in [0.15, 0.2) is 0 Å². The second-order valence-electron chi connectivity index (χ2n) is 5.71. The smallest absolute Gasteiger partial charge is 0.319 e. The molecule has 1 heterocycles. The van der Waals surface area contributed by atoms with Crippen LogP contribution in [0.4, 0.5) is 16.2 Å². The Hall–Kier alpha value is -2.54. The van der Waals surface area contributed by atoms with Gasteiger partial charge in [0, 0.05) is 34.9 Å². The number of hydrogen-bond donors (Lipinski definition) is 2. The molecule has 0 unspecified atom stereocenters. The molecule has 2 N–H and O–H groups in total. The number of rotatable bonds is 4. The lowest BCUT2D eigenvalue weighted by Gasteiger charge is -2.18. The number of carbonyl (C=O) groups is 2. The summed E-state index contributed by atoms with van der Waals surface area (Å²) in [6, 6.07) is 14.0. The summed E-state index contributed by atoms with van der Waals surface area (Å²) in [5.41, 5.74) is 1.46. The van der Waals surface area contributed by atoms with Gasteiger partial charge in [-0.05, 0) is 36.4 Å². The van der Waals surface area contributed by atoms with Crippen LogP contribution in [-0.2, 0) is 4.79 Å². The van der Waals surface area contributed by atoms with Crippen molar-refractivity contribution in [2.75, 3.05) is 23.9 Å². The molecule has 0 radical (unpaired) electrons. The number of ether oxygens (including phenoxy) is 1. The Morgan fingerprint density at radius 3 is 2.72 bits per heavy atom. The molecule has 0 bridgehead atoms. The zero-order chi connectivity index (χ0) is 17.8. The van der Waals surface area contributed by atoms with Crippen molar-refractivity contribution in [2.45, 2.75) is 12.5 Å². The van der Waals surface area contributed by atoms with Gasteiger partial charge in [-0.25, -0.2) is 4.79 Å². The van der Waals surface area contributed by atoms with Gasteiger partial charge in [0.05, 0.1) is 13.2 Å². The van der Waals surface area contributed by atoms with Crippen LogP contribution in [0.1, 0.15) is 6.42 Å². The molecule has 1 saturated heterocycles. The lowest BCUT2D eigenvalue weighted by molar-refractivity contribution is -0.117. The molecule has 1 fully saturated rings. The predicted molar refractivity (Wildman–Crippen MR) is 100 cm³/mol. The zero-order valence-corrected chi connectivity index (χ0v) is 15.2. The van der Waals surface area contributed by atoms with E-state index in [1.165, 1.54) is 0 Å². The van der Waals surface area contributed by atoms with Gasteiger partial charge >= 0.3 is 6.03 Å². The monoisotopic (exact) mass is 403 g/mol. The van der Waals surface area contributed by atoms with E-state index in [0.29, 0.717) is 18.0 Å². The lowest BCUT2D eigenvalue weighted by Crippen LogP contribution is -2.39. The highest BCUT2D eigenvalue weighted by molar-refractivity contribution is 9.10. The molecule has 2 aromatic carbocycles. The Labute approximate surface area is 154 Å². The highest BCUT2D eigenvalue weighted by Crippen LogP contribution is 2.25. The standard InChI is InChI=1S/C18H18BrN3O3/c1-25-16-4-2-3-15(10-16)22-11-14(9-17(22)23)21-18(24)20-13-7-5-12(19)6-8-13/h2-8,10,14H,9,11H2,1H3,(H2,20,21,24)/t14-/m1/s1. The second-order valence-corrected chi connectivity index (χ2v) is 6.63. The number of methoxy groups -OCH3 is 1. The van der Waals surface area contributed by atoms with Crippen LogP contribution in [-0.4, -0.2) is 31.6 Å². The highest BCUT2D eigenvalue weighted by Gasteiger charge is 2.31. The van der Waals surface area contributed by atoms with E-state index in [1.807, 2.05) is 36.4 Å². The van der Waals surface area contributed by atoms with Crippen molar-refractivity contribution in [1.82, 2.24) is 5.32 Å². The van der Waals surface area contributed by atoms with Gasteiger partial charge in [0.25, 0.3) is 0 Å². The second kappa shape index (κ2) is 7.57. The van der Waals surface area contributed by atoms with Crippen molar-refractivity contribution >= 4 is 39.2 Å². The molecule has 3 amide bonds. The highest BCUT2D eigenvalue weighted by atomic mass is 79.9. The molecule has 1 aliphatic heterocycles. The van der Waals surface area contributed by atoms with Crippen LogP contribution >= 0.6 is 15.9 Å². The minimum atomic E-state index is -0.326. The van der Waals surface area contributed by atoms with Crippen LogP contribution in [0.15, 0.2) is 53.0 Å². The summed E-state index contributed by atoms with van der Waals surface area (Å²) in [6.07, 6.45) is 0.269. The molecule has 0 aromatic heterocycles. The number of anilines is 2. The van der Waals surface area contributed by atoms with E-state index < -0.39 is 0 Å². The first-order chi connectivity index (χ1) is 12.0. The third-order valence-electron chi connectivity index (χ3n) is 3.93. The number of carbonyl (C=O) groups excluding carboxylic acids is 2. The first-order valence-electron chi connectivity index (χ1n) is 7.82. The Kier molecular flexibility index (Phi) is 5.23. The van der Waals surface area contributed by atoms with Crippen LogP contribution in [0.5, 0.6) is 5.75 Å². The van der Waals surface area contributed by atoms with E-state index in [0.717, 1.165) is 10.2 Å². The minimum absolute atomic E-state index is 0.0257. The van der Waals surface area contributed by atoms with Crippen molar-refractivity contribution < 1.29 is 14.3 Å². The average molecular weight is 404 g/mol. The fourth-order valence-electron chi connectivity index (χ4n) is 2.72. The first kappa shape index (κ1) is 17.3. The molecule has 25 heavy (non-hydrogen) atoms. The molecule has 7 heteroatoms. The minimum Gasteiger partial charge on any atom is -0.497 e. The normalized spacial score (nSPS) is 16.6. The Morgan fingerprint density at radius 1 is 1.24 bits per heavy atom. The van der Waals surface area contributed by atoms with Crippen molar-refractivity contribution in [2.24, 2.45) is 0 Å². The Morgan fingerprint density at radius 2 is 2.00 bits per heavy atom. The summed E-state index contributed by atoms with van der Waals surface area (Å²) in [5, 5.41) is 5.61. The van der Waals surface area contributed by atoms with Gasteiger partial charge in [-0.3, -0.25) is 4.79 Å². The van der Waals surface area contributed by atoms with Gasteiger partial charge in [-0.2, -0.15) is 0 Å². The summed E-state index contributed by atoms with van der Waals surface area (Å²) >= 11 is 3.35. The summed E-state index contributed by atoms with van der Waals surface area (Å²) in [6.45, 7) is 0.430. The Balaban J connectivity index is 1.60. The summed E-state index contributed by atoms with van der Waals surface area (Å²) < 4.78 is 6.13. The number of nitrogens with one attached hydrogen (secondary N) is 2. The summed E-state index contributed by atoms with van der Waals surface area (Å²) in [7, 11) is 1.59. The van der Waals surface area contributed by atoms with E-state index >= 15 is 0 Å². The third kappa shape index (κ3) is 4.30. The van der Waals surface area contributed by atoms with Crippen LogP contribution in [0.2, 0.25) is 0 Å². The predicted octanol–water partition coefficient (Wildman–Crippen LogP) is 3.38. The van der Waals surface area contributed by atoms with Crippen LogP contribution in [0.3, 0.4) is 0 Å². The summed E-state index contributed by atoms with van der Waals surface area (Å²) in [5.74, 6) is 0.664. The molecule has 0 saturated carbocycles. The van der Waals surface area contributed by atoms with E-state index in [4.69, 9.17) is 4.74 Å². The molecular formula is C18H18BrN3O3. The van der Waals surface area contributed by atoms with Crippen LogP contribution < -0.4 is 20.3 Å². The van der Waals surface area contributed by atoms with Gasteiger partial charge in [0.1, 0.15) is 5.75 Å². The van der Waals surface area contributed by atoms with E-state index in [2.05, 4.69) is 26.6 Å². The number of urea groups is 1. The van der Waals surface area contributed by atoms with Crippen molar-refractivity contribution in [1.29, 1.82) is 0 Å². The molecule has 6 nitrogen and oxygen atoms in total. The SMILES string of the molecule is COc1cccc(N2C[C@H](NC(=O)Nc3ccc(Br)cc3)CC2=O)c1. The average Bonchev–Trinajstić information content (AvgIpc) is 2.97. The van der Waals surface area contributed by atoms with Crippen molar-refractivity contribution in [3.05, 3.63) is 53.0 Å². The quantitative estimate of drug-likeness (QED) is 0.821. The van der Waals surface area contributed by atoms with E-state index in [-0.39, 0.29) is 24.4 Å². The maximum Gasteiger partial charge on any atom is 0.319 e. The van der Waals surface area contributed by atoms with Gasteiger partial charge in [-0.1, -0.05) is 22.0 Å². The number of hydrogen-bond acceptors (Lipinski definition) is 3. The van der Waals surface area contributed by atoms with Gasteiger partial charge in [-0.15, -0.1) is 0 Å². The number of nitrogens with zero attached hydrogens (tertiary/aromatic N) is 1. The van der Waals surface area contributed by atoms with Gasteiger partial charge in [0.2, 0.25) is 5.91 Å².